The lowest BCUT2D eigenvalue weighted by Gasteiger charge is -2.42. The van der Waals surface area contributed by atoms with Crippen molar-refractivity contribution in [3.8, 4) is 5.75 Å². The van der Waals surface area contributed by atoms with Crippen molar-refractivity contribution >= 4 is 15.9 Å². The fraction of sp³-hybridized carbons (Fsp3) is 0.588. The molecule has 0 unspecified atom stereocenters. The second-order valence-electron chi connectivity index (χ2n) is 6.45. The largest absolute Gasteiger partial charge is 0.492 e. The van der Waals surface area contributed by atoms with E-state index in [0.717, 1.165) is 18.4 Å². The quantitative estimate of drug-likeness (QED) is 0.897. The highest BCUT2D eigenvalue weighted by Crippen LogP contribution is 2.41. The molecule has 3 rings (SSSR count). The van der Waals surface area contributed by atoms with Crippen molar-refractivity contribution in [3.63, 3.8) is 0 Å². The van der Waals surface area contributed by atoms with Crippen LogP contribution < -0.4 is 10.1 Å². The summed E-state index contributed by atoms with van der Waals surface area (Å²) < 4.78 is 33.8. The Hall–Kier alpha value is -1.60. The molecule has 1 heterocycles. The number of nitrogens with one attached hydrogen (secondary N) is 1. The van der Waals surface area contributed by atoms with E-state index in [0.29, 0.717) is 38.3 Å². The summed E-state index contributed by atoms with van der Waals surface area (Å²) in [5.74, 6) is 0.183. The number of carbonyl (C=O) groups excluding carboxylic acids is 1. The summed E-state index contributed by atoms with van der Waals surface area (Å²) in [5.41, 5.74) is -0.0939. The van der Waals surface area contributed by atoms with Crippen LogP contribution in [0.25, 0.3) is 0 Å². The zero-order valence-electron chi connectivity index (χ0n) is 14.2. The molecule has 1 saturated carbocycles. The third-order valence-electron chi connectivity index (χ3n) is 4.90. The van der Waals surface area contributed by atoms with Gasteiger partial charge in [-0.2, -0.15) is 4.31 Å². The van der Waals surface area contributed by atoms with Gasteiger partial charge in [-0.15, -0.1) is 0 Å². The standard InChI is InChI=1S/C17H24N2O4S/c1-3-23-14-7-6-13(2)12-15(14)24(21,22)19-11-10-18-16(20)17(19)8-4-5-9-17/h6-7,12H,3-5,8-11H2,1-2H3,(H,18,20). The van der Waals surface area contributed by atoms with Gasteiger partial charge in [-0.25, -0.2) is 8.42 Å². The Bertz CT molecular complexity index is 739. The minimum absolute atomic E-state index is 0.158. The number of piperazine rings is 1. The van der Waals surface area contributed by atoms with Gasteiger partial charge in [0.25, 0.3) is 0 Å². The number of amides is 1. The van der Waals surface area contributed by atoms with E-state index >= 15 is 0 Å². The summed E-state index contributed by atoms with van der Waals surface area (Å²) in [7, 11) is -3.81. The van der Waals surface area contributed by atoms with Crippen molar-refractivity contribution in [3.05, 3.63) is 23.8 Å². The highest BCUT2D eigenvalue weighted by Gasteiger charge is 2.53. The number of hydrogen-bond donors (Lipinski definition) is 1. The number of ether oxygens (including phenoxy) is 1. The summed E-state index contributed by atoms with van der Waals surface area (Å²) in [6.45, 7) is 4.70. The molecule has 1 aliphatic heterocycles. The van der Waals surface area contributed by atoms with Gasteiger partial charge in [-0.1, -0.05) is 18.9 Å². The predicted molar refractivity (Wildman–Crippen MR) is 90.4 cm³/mol. The number of rotatable bonds is 4. The molecule has 1 amide bonds. The van der Waals surface area contributed by atoms with Gasteiger partial charge in [-0.05, 0) is 44.4 Å². The highest BCUT2D eigenvalue weighted by molar-refractivity contribution is 7.89. The Morgan fingerprint density at radius 1 is 1.29 bits per heavy atom. The molecule has 132 valence electrons. The fourth-order valence-corrected chi connectivity index (χ4v) is 5.77. The molecule has 0 bridgehead atoms. The van der Waals surface area contributed by atoms with E-state index in [2.05, 4.69) is 5.32 Å². The van der Waals surface area contributed by atoms with Gasteiger partial charge in [0.15, 0.2) is 0 Å². The minimum atomic E-state index is -3.81. The van der Waals surface area contributed by atoms with Crippen molar-refractivity contribution in [2.24, 2.45) is 0 Å². The Kier molecular flexibility index (Phi) is 4.57. The van der Waals surface area contributed by atoms with Gasteiger partial charge in [-0.3, -0.25) is 4.79 Å². The van der Waals surface area contributed by atoms with Crippen LogP contribution in [0.3, 0.4) is 0 Å². The molecule has 1 aromatic carbocycles. The highest BCUT2D eigenvalue weighted by atomic mass is 32.2. The van der Waals surface area contributed by atoms with Crippen molar-refractivity contribution < 1.29 is 17.9 Å². The first-order valence-corrected chi connectivity index (χ1v) is 9.90. The van der Waals surface area contributed by atoms with Crippen molar-refractivity contribution in [1.29, 1.82) is 0 Å². The molecule has 0 radical (unpaired) electrons. The SMILES string of the molecule is CCOc1ccc(C)cc1S(=O)(=O)N1CCNC(=O)C12CCCC2. The van der Waals surface area contributed by atoms with Crippen LogP contribution in [-0.2, 0) is 14.8 Å². The zero-order chi connectivity index (χ0) is 17.4. The van der Waals surface area contributed by atoms with Gasteiger partial charge < -0.3 is 10.1 Å². The average molecular weight is 352 g/mol. The maximum absolute atomic E-state index is 13.4. The number of hydrogen-bond acceptors (Lipinski definition) is 4. The number of nitrogens with zero attached hydrogens (tertiary/aromatic N) is 1. The van der Waals surface area contributed by atoms with E-state index in [9.17, 15) is 13.2 Å². The summed E-state index contributed by atoms with van der Waals surface area (Å²) in [5, 5.41) is 2.84. The molecule has 6 nitrogen and oxygen atoms in total. The minimum Gasteiger partial charge on any atom is -0.492 e. The number of aryl methyl sites for hydroxylation is 1. The van der Waals surface area contributed by atoms with E-state index < -0.39 is 15.6 Å². The van der Waals surface area contributed by atoms with Crippen LogP contribution in [0.5, 0.6) is 5.75 Å². The summed E-state index contributed by atoms with van der Waals surface area (Å²) >= 11 is 0. The molecule has 1 saturated heterocycles. The van der Waals surface area contributed by atoms with Crippen LogP contribution in [0.1, 0.15) is 38.2 Å². The lowest BCUT2D eigenvalue weighted by atomic mass is 9.94. The van der Waals surface area contributed by atoms with E-state index in [4.69, 9.17) is 4.74 Å². The van der Waals surface area contributed by atoms with Gasteiger partial charge in [0.05, 0.1) is 6.61 Å². The Balaban J connectivity index is 2.10. The molecule has 7 heteroatoms. The third kappa shape index (κ3) is 2.69. The molecule has 1 spiro atoms. The first-order valence-electron chi connectivity index (χ1n) is 8.46. The van der Waals surface area contributed by atoms with Crippen molar-refractivity contribution in [2.75, 3.05) is 19.7 Å². The smallest absolute Gasteiger partial charge is 0.247 e. The van der Waals surface area contributed by atoms with Crippen LogP contribution >= 0.6 is 0 Å². The first kappa shape index (κ1) is 17.2. The van der Waals surface area contributed by atoms with E-state index in [-0.39, 0.29) is 10.8 Å². The summed E-state index contributed by atoms with van der Waals surface area (Å²) in [6.07, 6.45) is 2.89. The van der Waals surface area contributed by atoms with Crippen LogP contribution in [-0.4, -0.2) is 43.9 Å². The molecule has 2 aliphatic rings. The molecule has 1 aromatic rings. The average Bonchev–Trinajstić information content (AvgIpc) is 3.02. The van der Waals surface area contributed by atoms with E-state index in [1.807, 2.05) is 19.9 Å². The first-order chi connectivity index (χ1) is 11.4. The monoisotopic (exact) mass is 352 g/mol. The molecule has 0 aromatic heterocycles. The second-order valence-corrected chi connectivity index (χ2v) is 8.29. The van der Waals surface area contributed by atoms with Crippen LogP contribution in [0.15, 0.2) is 23.1 Å². The lowest BCUT2D eigenvalue weighted by Crippen LogP contribution is -2.65. The molecule has 1 aliphatic carbocycles. The van der Waals surface area contributed by atoms with Crippen molar-refractivity contribution in [2.45, 2.75) is 50.0 Å². The normalized spacial score (nSPS) is 21.0. The van der Waals surface area contributed by atoms with Crippen LogP contribution in [0, 0.1) is 6.92 Å². The Morgan fingerprint density at radius 3 is 2.67 bits per heavy atom. The Labute approximate surface area is 143 Å². The maximum atomic E-state index is 13.4. The van der Waals surface area contributed by atoms with Gasteiger partial charge in [0.1, 0.15) is 16.2 Å². The predicted octanol–water partition coefficient (Wildman–Crippen LogP) is 1.83. The number of benzene rings is 1. The molecule has 24 heavy (non-hydrogen) atoms. The molecule has 0 atom stereocenters. The second kappa shape index (κ2) is 6.37. The molecular weight excluding hydrogens is 328 g/mol. The molecular formula is C17H24N2O4S. The fourth-order valence-electron chi connectivity index (χ4n) is 3.76. The van der Waals surface area contributed by atoms with Gasteiger partial charge in [0.2, 0.25) is 15.9 Å². The lowest BCUT2D eigenvalue weighted by molar-refractivity contribution is -0.133. The molecule has 1 N–H and O–H groups in total. The number of carbonyl (C=O) groups is 1. The van der Waals surface area contributed by atoms with E-state index in [1.165, 1.54) is 4.31 Å². The third-order valence-corrected chi connectivity index (χ3v) is 6.89. The maximum Gasteiger partial charge on any atom is 0.247 e. The topological polar surface area (TPSA) is 75.7 Å². The van der Waals surface area contributed by atoms with Gasteiger partial charge >= 0.3 is 0 Å². The zero-order valence-corrected chi connectivity index (χ0v) is 15.0. The van der Waals surface area contributed by atoms with E-state index in [1.54, 1.807) is 12.1 Å². The van der Waals surface area contributed by atoms with Crippen LogP contribution in [0.4, 0.5) is 0 Å². The number of sulfonamides is 1. The van der Waals surface area contributed by atoms with Crippen molar-refractivity contribution in [1.82, 2.24) is 9.62 Å². The molecule has 2 fully saturated rings. The Morgan fingerprint density at radius 2 is 2.00 bits per heavy atom. The summed E-state index contributed by atoms with van der Waals surface area (Å²) in [4.78, 5) is 12.7. The van der Waals surface area contributed by atoms with Crippen LogP contribution in [0.2, 0.25) is 0 Å². The summed E-state index contributed by atoms with van der Waals surface area (Å²) in [6, 6.07) is 5.16. The van der Waals surface area contributed by atoms with Gasteiger partial charge in [0, 0.05) is 13.1 Å².